The molecule has 0 radical (unpaired) electrons. The van der Waals surface area contributed by atoms with E-state index in [0.717, 1.165) is 40.9 Å². The predicted octanol–water partition coefficient (Wildman–Crippen LogP) is 4.11. The van der Waals surface area contributed by atoms with Gasteiger partial charge in [-0.3, -0.25) is 0 Å². The zero-order valence-corrected chi connectivity index (χ0v) is 14.5. The van der Waals surface area contributed by atoms with E-state index in [4.69, 9.17) is 4.42 Å². The number of benzene rings is 1. The average Bonchev–Trinajstić information content (AvgIpc) is 3.21. The summed E-state index contributed by atoms with van der Waals surface area (Å²) in [5.74, 6) is 2.35. The summed E-state index contributed by atoms with van der Waals surface area (Å²) < 4.78 is 8.70. The first-order valence-electron chi connectivity index (χ1n) is 7.61. The summed E-state index contributed by atoms with van der Waals surface area (Å²) in [5.41, 5.74) is 1.05. The molecular weight excluding hydrogens is 358 g/mol. The second kappa shape index (κ2) is 7.41. The van der Waals surface area contributed by atoms with Crippen LogP contribution < -0.4 is 5.32 Å². The maximum absolute atomic E-state index is 5.87. The van der Waals surface area contributed by atoms with Gasteiger partial charge in [-0.25, -0.2) is 4.68 Å². The second-order valence-corrected chi connectivity index (χ2v) is 6.12. The summed E-state index contributed by atoms with van der Waals surface area (Å²) >= 11 is 3.43. The number of nitrogens with zero attached hydrogens (tertiary/aromatic N) is 4. The molecule has 0 spiro atoms. The Hall–Kier alpha value is -2.15. The third kappa shape index (κ3) is 3.98. The molecule has 3 rings (SSSR count). The Balaban J connectivity index is 1.63. The van der Waals surface area contributed by atoms with Crippen molar-refractivity contribution in [3.63, 3.8) is 0 Å². The SMILES string of the molecule is CCCCn1nnnc1NCc1ccc(-c2ccc(Br)cc2)o1. The zero-order valence-electron chi connectivity index (χ0n) is 12.9. The van der Waals surface area contributed by atoms with Gasteiger partial charge in [0.1, 0.15) is 11.5 Å². The lowest BCUT2D eigenvalue weighted by Gasteiger charge is -2.05. The van der Waals surface area contributed by atoms with Crippen LogP contribution in [0.4, 0.5) is 5.95 Å². The molecule has 0 atom stereocenters. The maximum atomic E-state index is 5.87. The van der Waals surface area contributed by atoms with Crippen molar-refractivity contribution in [1.29, 1.82) is 0 Å². The molecule has 0 aliphatic carbocycles. The Kier molecular flexibility index (Phi) is 5.07. The molecule has 1 N–H and O–H groups in total. The highest BCUT2D eigenvalue weighted by molar-refractivity contribution is 9.10. The quantitative estimate of drug-likeness (QED) is 0.672. The standard InChI is InChI=1S/C16H18BrN5O/c1-2-3-10-22-16(19-20-21-22)18-11-14-8-9-15(23-14)12-4-6-13(17)7-5-12/h4-9H,2-3,10-11H2,1H3,(H,18,19,21). The molecule has 6 nitrogen and oxygen atoms in total. The summed E-state index contributed by atoms with van der Waals surface area (Å²) in [5, 5.41) is 14.9. The van der Waals surface area contributed by atoms with E-state index in [2.05, 4.69) is 43.7 Å². The minimum atomic E-state index is 0.545. The minimum Gasteiger partial charge on any atom is -0.459 e. The van der Waals surface area contributed by atoms with Gasteiger partial charge in [-0.15, -0.1) is 0 Å². The lowest BCUT2D eigenvalue weighted by Crippen LogP contribution is -2.08. The highest BCUT2D eigenvalue weighted by atomic mass is 79.9. The molecule has 0 amide bonds. The van der Waals surface area contributed by atoms with Gasteiger partial charge in [-0.1, -0.05) is 46.5 Å². The molecule has 120 valence electrons. The third-order valence-corrected chi connectivity index (χ3v) is 4.00. The summed E-state index contributed by atoms with van der Waals surface area (Å²) in [6.07, 6.45) is 2.15. The molecule has 0 bridgehead atoms. The van der Waals surface area contributed by atoms with Crippen molar-refractivity contribution in [2.45, 2.75) is 32.9 Å². The fourth-order valence-corrected chi connectivity index (χ4v) is 2.46. The first-order chi connectivity index (χ1) is 11.3. The van der Waals surface area contributed by atoms with Crippen molar-refractivity contribution in [2.75, 3.05) is 5.32 Å². The van der Waals surface area contributed by atoms with Crippen LogP contribution in [-0.4, -0.2) is 20.2 Å². The van der Waals surface area contributed by atoms with E-state index in [1.807, 2.05) is 36.4 Å². The van der Waals surface area contributed by atoms with Crippen molar-refractivity contribution < 1.29 is 4.42 Å². The number of tetrazole rings is 1. The Bertz CT molecular complexity index is 750. The number of nitrogens with one attached hydrogen (secondary N) is 1. The van der Waals surface area contributed by atoms with E-state index in [1.54, 1.807) is 4.68 Å². The topological polar surface area (TPSA) is 68.8 Å². The molecule has 2 aromatic heterocycles. The van der Waals surface area contributed by atoms with Crippen molar-refractivity contribution in [2.24, 2.45) is 0 Å². The van der Waals surface area contributed by atoms with Crippen LogP contribution >= 0.6 is 15.9 Å². The Morgan fingerprint density at radius 1 is 1.17 bits per heavy atom. The summed E-state index contributed by atoms with van der Waals surface area (Å²) in [6.45, 7) is 3.50. The fourth-order valence-electron chi connectivity index (χ4n) is 2.20. The average molecular weight is 376 g/mol. The van der Waals surface area contributed by atoms with Gasteiger partial charge in [0.05, 0.1) is 6.54 Å². The van der Waals surface area contributed by atoms with Crippen molar-refractivity contribution in [3.05, 3.63) is 46.6 Å². The van der Waals surface area contributed by atoms with Gasteiger partial charge in [0, 0.05) is 16.6 Å². The molecule has 7 heteroatoms. The minimum absolute atomic E-state index is 0.545. The third-order valence-electron chi connectivity index (χ3n) is 3.47. The lowest BCUT2D eigenvalue weighted by molar-refractivity contribution is 0.526. The monoisotopic (exact) mass is 375 g/mol. The van der Waals surface area contributed by atoms with Gasteiger partial charge in [-0.2, -0.15) is 0 Å². The van der Waals surface area contributed by atoms with Crippen LogP contribution in [0, 0.1) is 0 Å². The van der Waals surface area contributed by atoms with E-state index in [1.165, 1.54) is 0 Å². The smallest absolute Gasteiger partial charge is 0.243 e. The lowest BCUT2D eigenvalue weighted by atomic mass is 10.2. The number of halogens is 1. The molecule has 0 aliphatic heterocycles. The molecule has 3 aromatic rings. The number of hydrogen-bond donors (Lipinski definition) is 1. The van der Waals surface area contributed by atoms with Gasteiger partial charge in [0.2, 0.25) is 5.95 Å². The molecule has 0 fully saturated rings. The summed E-state index contributed by atoms with van der Waals surface area (Å²) in [7, 11) is 0. The van der Waals surface area contributed by atoms with E-state index >= 15 is 0 Å². The molecular formula is C16H18BrN5O. The number of hydrogen-bond acceptors (Lipinski definition) is 5. The van der Waals surface area contributed by atoms with Crippen molar-refractivity contribution in [1.82, 2.24) is 20.2 Å². The van der Waals surface area contributed by atoms with Gasteiger partial charge in [0.15, 0.2) is 0 Å². The highest BCUT2D eigenvalue weighted by Crippen LogP contribution is 2.24. The zero-order chi connectivity index (χ0) is 16.1. The number of aromatic nitrogens is 4. The van der Waals surface area contributed by atoms with E-state index in [9.17, 15) is 0 Å². The largest absolute Gasteiger partial charge is 0.459 e. The van der Waals surface area contributed by atoms with E-state index in [-0.39, 0.29) is 0 Å². The molecule has 0 saturated carbocycles. The van der Waals surface area contributed by atoms with Crippen molar-refractivity contribution >= 4 is 21.9 Å². The van der Waals surface area contributed by atoms with E-state index in [0.29, 0.717) is 12.5 Å². The van der Waals surface area contributed by atoms with Gasteiger partial charge < -0.3 is 9.73 Å². The van der Waals surface area contributed by atoms with Crippen LogP contribution in [0.5, 0.6) is 0 Å². The molecule has 0 saturated heterocycles. The molecule has 0 unspecified atom stereocenters. The predicted molar refractivity (Wildman–Crippen MR) is 91.9 cm³/mol. The van der Waals surface area contributed by atoms with Crippen LogP contribution in [0.1, 0.15) is 25.5 Å². The number of furan rings is 1. The normalized spacial score (nSPS) is 10.9. The number of aryl methyl sites for hydroxylation is 1. The van der Waals surface area contributed by atoms with Crippen LogP contribution in [0.3, 0.4) is 0 Å². The van der Waals surface area contributed by atoms with E-state index < -0.39 is 0 Å². The molecule has 0 aliphatic rings. The van der Waals surface area contributed by atoms with Crippen LogP contribution in [-0.2, 0) is 13.1 Å². The summed E-state index contributed by atoms with van der Waals surface area (Å²) in [4.78, 5) is 0. The highest BCUT2D eigenvalue weighted by Gasteiger charge is 2.08. The first kappa shape index (κ1) is 15.7. The molecule has 1 aromatic carbocycles. The van der Waals surface area contributed by atoms with Crippen LogP contribution in [0.25, 0.3) is 11.3 Å². The Morgan fingerprint density at radius 2 is 2.00 bits per heavy atom. The van der Waals surface area contributed by atoms with Gasteiger partial charge in [0.25, 0.3) is 0 Å². The summed E-state index contributed by atoms with van der Waals surface area (Å²) in [6, 6.07) is 12.0. The number of rotatable bonds is 7. The molecule has 23 heavy (non-hydrogen) atoms. The van der Waals surface area contributed by atoms with Gasteiger partial charge in [-0.05, 0) is 41.1 Å². The number of anilines is 1. The maximum Gasteiger partial charge on any atom is 0.243 e. The second-order valence-electron chi connectivity index (χ2n) is 5.21. The Labute approximate surface area is 143 Å². The van der Waals surface area contributed by atoms with Crippen LogP contribution in [0.2, 0.25) is 0 Å². The van der Waals surface area contributed by atoms with Crippen LogP contribution in [0.15, 0.2) is 45.3 Å². The van der Waals surface area contributed by atoms with Gasteiger partial charge >= 0.3 is 0 Å². The molecule has 2 heterocycles. The first-order valence-corrected chi connectivity index (χ1v) is 8.40. The Morgan fingerprint density at radius 3 is 2.78 bits per heavy atom. The van der Waals surface area contributed by atoms with Crippen molar-refractivity contribution in [3.8, 4) is 11.3 Å². The fraction of sp³-hybridized carbons (Fsp3) is 0.312. The number of unbranched alkanes of at least 4 members (excludes halogenated alkanes) is 1.